The third-order valence-corrected chi connectivity index (χ3v) is 11.2. The maximum absolute atomic E-state index is 14.4. The number of carboxylic acid groups (broad SMARTS) is 1. The molecule has 2 bridgehead atoms. The van der Waals surface area contributed by atoms with Gasteiger partial charge in [-0.05, 0) is 58.2 Å². The van der Waals surface area contributed by atoms with Crippen LogP contribution in [0.2, 0.25) is 0 Å². The fraction of sp³-hybridized carbons (Fsp3) is 0.273. The molecule has 7 atom stereocenters. The number of amides is 5. The van der Waals surface area contributed by atoms with Crippen LogP contribution in [0.4, 0.5) is 5.69 Å². The fourth-order valence-electron chi connectivity index (χ4n) is 6.78. The number of hydrogen-bond acceptors (Lipinski definition) is 9. The first kappa shape index (κ1) is 42.3. The lowest BCUT2D eigenvalue weighted by Crippen LogP contribution is -2.60. The van der Waals surface area contributed by atoms with Crippen molar-refractivity contribution in [2.75, 3.05) is 5.32 Å². The average Bonchev–Trinajstić information content (AvgIpc) is 3.76. The molecular weight excluding hydrogens is 775 g/mol. The van der Waals surface area contributed by atoms with Gasteiger partial charge in [-0.15, -0.1) is 11.8 Å². The summed E-state index contributed by atoms with van der Waals surface area (Å²) in [6, 6.07) is 26.3. The van der Waals surface area contributed by atoms with Gasteiger partial charge >= 0.3 is 5.97 Å². The van der Waals surface area contributed by atoms with Crippen LogP contribution in [0.1, 0.15) is 29.5 Å². The minimum Gasteiger partial charge on any atom is -0.480 e. The standard InChI is InChI=1S/C44H45N5O9S/c50-37-38(51)43(56)48-35(25-32-12-7-21-59-32)41(54)47-34(23-27-13-17-30(18-14-27)29-10-5-2-6-11-29)39(52)46-33(22-26-8-3-1-4-9-26)40(53)49-36(44(57)58)24-28-15-19-31(20-16-28)45-42(37)55/h1-11,13-21,32-38,50-51H,12,22-25H2,(H,45,55)(H,46,52)(H,47,54)(H,48,56)(H,49,53)(H,57,58)/t32?,33-,34+,35-,36-,37-,38-/m1/s1. The molecule has 0 radical (unpaired) electrons. The van der Waals surface area contributed by atoms with Crippen molar-refractivity contribution in [3.8, 4) is 11.1 Å². The first-order valence-electron chi connectivity index (χ1n) is 19.1. The van der Waals surface area contributed by atoms with Gasteiger partial charge in [0.25, 0.3) is 11.8 Å². The molecule has 0 spiro atoms. The first-order valence-corrected chi connectivity index (χ1v) is 20.1. The number of anilines is 1. The molecule has 59 heavy (non-hydrogen) atoms. The zero-order valence-electron chi connectivity index (χ0n) is 31.8. The molecule has 1 unspecified atom stereocenters. The number of rotatable bonds is 8. The number of carbonyl (C=O) groups excluding carboxylic acids is 5. The Hall–Kier alpha value is -6.29. The molecule has 0 fully saturated rings. The van der Waals surface area contributed by atoms with E-state index in [1.165, 1.54) is 36.0 Å². The zero-order valence-corrected chi connectivity index (χ0v) is 32.6. The van der Waals surface area contributed by atoms with E-state index in [0.29, 0.717) is 23.1 Å². The van der Waals surface area contributed by atoms with Gasteiger partial charge in [-0.1, -0.05) is 103 Å². The van der Waals surface area contributed by atoms with E-state index in [9.17, 15) is 44.1 Å². The van der Waals surface area contributed by atoms with Crippen LogP contribution in [0, 0.1) is 0 Å². The second-order valence-electron chi connectivity index (χ2n) is 14.4. The molecule has 0 saturated carbocycles. The highest BCUT2D eigenvalue weighted by Crippen LogP contribution is 2.28. The smallest absolute Gasteiger partial charge is 0.326 e. The van der Waals surface area contributed by atoms with E-state index in [1.54, 1.807) is 30.3 Å². The van der Waals surface area contributed by atoms with Gasteiger partial charge in [-0.3, -0.25) is 24.0 Å². The lowest BCUT2D eigenvalue weighted by Gasteiger charge is -2.27. The quantitative estimate of drug-likeness (QED) is 0.121. The summed E-state index contributed by atoms with van der Waals surface area (Å²) >= 11 is 1.43. The summed E-state index contributed by atoms with van der Waals surface area (Å²) in [5, 5.41) is 46.3. The highest BCUT2D eigenvalue weighted by Gasteiger charge is 2.36. The Labute approximate surface area is 344 Å². The van der Waals surface area contributed by atoms with Gasteiger partial charge in [0.2, 0.25) is 17.7 Å². The lowest BCUT2D eigenvalue weighted by atomic mass is 9.98. The van der Waals surface area contributed by atoms with Crippen molar-refractivity contribution >= 4 is 53.0 Å². The summed E-state index contributed by atoms with van der Waals surface area (Å²) in [5.41, 5.74) is 3.84. The van der Waals surface area contributed by atoms with Crippen LogP contribution in [0.3, 0.4) is 0 Å². The maximum Gasteiger partial charge on any atom is 0.326 e. The van der Waals surface area contributed by atoms with Gasteiger partial charge in [0, 0.05) is 30.2 Å². The predicted octanol–water partition coefficient (Wildman–Crippen LogP) is 2.49. The topological polar surface area (TPSA) is 223 Å². The Bertz CT molecular complexity index is 2140. The van der Waals surface area contributed by atoms with Crippen LogP contribution in [0.25, 0.3) is 11.1 Å². The monoisotopic (exact) mass is 819 g/mol. The SMILES string of the molecule is O=C1N[C@H](Cc2ccccc2)C(=O)N[C@@H](C(=O)O)Cc2ccc(cc2)NC(=O)[C@H](O)[C@@H](O)C(=O)N[C@H](CC2CC=CS2)C(=O)N[C@H]1Cc1ccc(-c2ccccc2)cc1. The largest absolute Gasteiger partial charge is 0.480 e. The molecule has 3 heterocycles. The van der Waals surface area contributed by atoms with Crippen LogP contribution in [0.15, 0.2) is 121 Å². The number of benzene rings is 4. The summed E-state index contributed by atoms with van der Waals surface area (Å²) in [4.78, 5) is 81.4. The number of nitrogens with one attached hydrogen (secondary N) is 5. The predicted molar refractivity (Wildman–Crippen MR) is 222 cm³/mol. The average molecular weight is 820 g/mol. The van der Waals surface area contributed by atoms with Crippen molar-refractivity contribution in [1.29, 1.82) is 0 Å². The number of fused-ring (bicyclic) bond motifs is 18. The molecule has 8 N–H and O–H groups in total. The number of thioether (sulfide) groups is 1. The third kappa shape index (κ3) is 11.7. The van der Waals surface area contributed by atoms with Crippen molar-refractivity contribution in [2.45, 2.75) is 73.7 Å². The van der Waals surface area contributed by atoms with E-state index < -0.39 is 71.9 Å². The molecule has 5 amide bonds. The van der Waals surface area contributed by atoms with Crippen LogP contribution in [-0.2, 0) is 48.0 Å². The normalized spacial score (nSPS) is 24.5. The number of allylic oxidation sites excluding steroid dienone is 1. The number of carbonyl (C=O) groups is 6. The molecule has 0 aromatic heterocycles. The van der Waals surface area contributed by atoms with Crippen LogP contribution in [0.5, 0.6) is 0 Å². The van der Waals surface area contributed by atoms with Crippen molar-refractivity contribution in [3.05, 3.63) is 137 Å². The molecule has 306 valence electrons. The number of aliphatic carboxylic acids is 1. The number of hydrogen-bond donors (Lipinski definition) is 8. The minimum atomic E-state index is -2.28. The van der Waals surface area contributed by atoms with E-state index in [0.717, 1.165) is 11.1 Å². The fourth-order valence-corrected chi connectivity index (χ4v) is 7.75. The second kappa shape index (κ2) is 19.9. The molecule has 3 aliphatic rings. The summed E-state index contributed by atoms with van der Waals surface area (Å²) < 4.78 is 0. The summed E-state index contributed by atoms with van der Waals surface area (Å²) in [7, 11) is 0. The van der Waals surface area contributed by atoms with Gasteiger partial charge in [0.1, 0.15) is 24.2 Å². The molecule has 4 aromatic carbocycles. The Kier molecular flexibility index (Phi) is 14.3. The van der Waals surface area contributed by atoms with Gasteiger partial charge in [0.15, 0.2) is 12.2 Å². The van der Waals surface area contributed by atoms with E-state index in [-0.39, 0.29) is 36.6 Å². The van der Waals surface area contributed by atoms with E-state index in [4.69, 9.17) is 0 Å². The number of aliphatic hydroxyl groups excluding tert-OH is 2. The molecule has 0 aliphatic carbocycles. The van der Waals surface area contributed by atoms with Crippen molar-refractivity contribution < 1.29 is 44.1 Å². The summed E-state index contributed by atoms with van der Waals surface area (Å²) in [6.07, 6.45) is -2.22. The van der Waals surface area contributed by atoms with E-state index in [2.05, 4.69) is 26.6 Å². The lowest BCUT2D eigenvalue weighted by molar-refractivity contribution is -0.145. The van der Waals surface area contributed by atoms with Crippen LogP contribution < -0.4 is 26.6 Å². The Balaban J connectivity index is 1.36. The minimum absolute atomic E-state index is 0.0175. The Morgan fingerprint density at radius 3 is 1.71 bits per heavy atom. The molecular formula is C44H45N5O9S. The molecule has 0 saturated heterocycles. The molecule has 3 aliphatic heterocycles. The van der Waals surface area contributed by atoms with Crippen molar-refractivity contribution in [2.24, 2.45) is 0 Å². The maximum atomic E-state index is 14.4. The second-order valence-corrected chi connectivity index (χ2v) is 15.6. The van der Waals surface area contributed by atoms with Crippen LogP contribution in [-0.4, -0.2) is 92.5 Å². The number of aliphatic hydroxyl groups is 2. The van der Waals surface area contributed by atoms with Crippen molar-refractivity contribution in [3.63, 3.8) is 0 Å². The summed E-state index contributed by atoms with van der Waals surface area (Å²) in [6.45, 7) is 0. The molecule has 14 nitrogen and oxygen atoms in total. The van der Waals surface area contributed by atoms with Gasteiger partial charge in [-0.2, -0.15) is 0 Å². The van der Waals surface area contributed by atoms with Crippen molar-refractivity contribution in [1.82, 2.24) is 21.3 Å². The highest BCUT2D eigenvalue weighted by atomic mass is 32.2. The van der Waals surface area contributed by atoms with E-state index in [1.807, 2.05) is 66.1 Å². The van der Waals surface area contributed by atoms with Gasteiger partial charge < -0.3 is 41.9 Å². The molecule has 4 aromatic rings. The van der Waals surface area contributed by atoms with Crippen LogP contribution >= 0.6 is 11.8 Å². The Morgan fingerprint density at radius 2 is 1.12 bits per heavy atom. The molecule has 7 rings (SSSR count). The van der Waals surface area contributed by atoms with Gasteiger partial charge in [-0.25, -0.2) is 4.79 Å². The Morgan fingerprint density at radius 1 is 0.593 bits per heavy atom. The molecule has 15 heteroatoms. The highest BCUT2D eigenvalue weighted by molar-refractivity contribution is 8.03. The zero-order chi connectivity index (χ0) is 41.9. The number of carboxylic acids is 1. The first-order chi connectivity index (χ1) is 28.4. The third-order valence-electron chi connectivity index (χ3n) is 10.1. The summed E-state index contributed by atoms with van der Waals surface area (Å²) in [5.74, 6) is -5.97. The van der Waals surface area contributed by atoms with E-state index >= 15 is 0 Å². The van der Waals surface area contributed by atoms with Gasteiger partial charge in [0.05, 0.1) is 0 Å².